The monoisotopic (exact) mass is 476 g/mol. The summed E-state index contributed by atoms with van der Waals surface area (Å²) in [6, 6.07) is 6.98. The van der Waals surface area contributed by atoms with E-state index >= 15 is 0 Å². The number of hydrogen-bond donors (Lipinski definition) is 2. The summed E-state index contributed by atoms with van der Waals surface area (Å²) in [4.78, 5) is 12.7. The van der Waals surface area contributed by atoms with Gasteiger partial charge in [0, 0.05) is 18.4 Å². The Bertz CT molecular complexity index is 948. The zero-order chi connectivity index (χ0) is 24.4. The Morgan fingerprint density at radius 1 is 0.970 bits per heavy atom. The van der Waals surface area contributed by atoms with Crippen LogP contribution in [0.1, 0.15) is 42.0 Å². The standard InChI is InChI=1S/C23H23F7N2O/c1-21(16-6-7-31-13-16,15-2-4-19(24)5-3-15)11-20(33)32-12-14-8-17(22(25,26)27)10-18(9-14)23(28,29)30/h2-5,8-10,16,31H,6-7,11-13H2,1H3,(H,32,33). The fourth-order valence-corrected chi connectivity index (χ4v) is 4.23. The van der Waals surface area contributed by atoms with E-state index in [-0.39, 0.29) is 24.0 Å². The van der Waals surface area contributed by atoms with Gasteiger partial charge in [0.2, 0.25) is 5.91 Å². The SMILES string of the molecule is CC(CC(=O)NCc1cc(C(F)(F)F)cc(C(F)(F)F)c1)(c1ccc(F)cc1)C1CCNC1. The number of carbonyl (C=O) groups is 1. The molecule has 1 saturated heterocycles. The van der Waals surface area contributed by atoms with Gasteiger partial charge in [-0.05, 0) is 66.9 Å². The highest BCUT2D eigenvalue weighted by Crippen LogP contribution is 2.39. The van der Waals surface area contributed by atoms with Gasteiger partial charge < -0.3 is 10.6 Å². The molecule has 2 aromatic rings. The Morgan fingerprint density at radius 3 is 2.03 bits per heavy atom. The van der Waals surface area contributed by atoms with Crippen LogP contribution in [0, 0.1) is 11.7 Å². The van der Waals surface area contributed by atoms with Crippen molar-refractivity contribution in [3.63, 3.8) is 0 Å². The van der Waals surface area contributed by atoms with Crippen molar-refractivity contribution in [1.82, 2.24) is 10.6 Å². The summed E-state index contributed by atoms with van der Waals surface area (Å²) in [5.74, 6) is -0.918. The molecule has 2 unspecified atom stereocenters. The van der Waals surface area contributed by atoms with Crippen LogP contribution in [-0.2, 0) is 29.1 Å². The minimum absolute atomic E-state index is 0.0408. The normalized spacial score (nSPS) is 18.7. The van der Waals surface area contributed by atoms with Crippen molar-refractivity contribution in [2.75, 3.05) is 13.1 Å². The van der Waals surface area contributed by atoms with Crippen LogP contribution in [0.3, 0.4) is 0 Å². The van der Waals surface area contributed by atoms with E-state index in [1.165, 1.54) is 12.1 Å². The predicted molar refractivity (Wildman–Crippen MR) is 108 cm³/mol. The number of halogens is 7. The smallest absolute Gasteiger partial charge is 0.352 e. The molecule has 0 spiro atoms. The summed E-state index contributed by atoms with van der Waals surface area (Å²) in [6.07, 6.45) is -9.22. The van der Waals surface area contributed by atoms with Crippen molar-refractivity contribution in [3.05, 3.63) is 70.5 Å². The van der Waals surface area contributed by atoms with Gasteiger partial charge in [-0.25, -0.2) is 4.39 Å². The maximum atomic E-state index is 13.4. The minimum Gasteiger partial charge on any atom is -0.352 e. The third kappa shape index (κ3) is 6.04. The summed E-state index contributed by atoms with van der Waals surface area (Å²) in [6.45, 7) is 2.73. The second-order valence-corrected chi connectivity index (χ2v) is 8.48. The third-order valence-corrected chi connectivity index (χ3v) is 6.13. The van der Waals surface area contributed by atoms with E-state index in [1.54, 1.807) is 12.1 Å². The van der Waals surface area contributed by atoms with Gasteiger partial charge in [-0.2, -0.15) is 26.3 Å². The van der Waals surface area contributed by atoms with Crippen molar-refractivity contribution in [2.45, 2.75) is 44.1 Å². The molecular formula is C23H23F7N2O. The molecular weight excluding hydrogens is 453 g/mol. The van der Waals surface area contributed by atoms with Gasteiger partial charge in [-0.1, -0.05) is 19.1 Å². The van der Waals surface area contributed by atoms with Crippen molar-refractivity contribution in [2.24, 2.45) is 5.92 Å². The maximum absolute atomic E-state index is 13.4. The molecule has 2 atom stereocenters. The summed E-state index contributed by atoms with van der Waals surface area (Å²) < 4.78 is 91.8. The van der Waals surface area contributed by atoms with Crippen molar-refractivity contribution >= 4 is 5.91 Å². The molecule has 0 saturated carbocycles. The first-order valence-corrected chi connectivity index (χ1v) is 10.3. The zero-order valence-corrected chi connectivity index (χ0v) is 17.7. The second kappa shape index (κ2) is 9.32. The number of hydrogen-bond acceptors (Lipinski definition) is 2. The van der Waals surface area contributed by atoms with E-state index in [9.17, 15) is 35.5 Å². The second-order valence-electron chi connectivity index (χ2n) is 8.48. The average molecular weight is 476 g/mol. The van der Waals surface area contributed by atoms with Gasteiger partial charge >= 0.3 is 12.4 Å². The number of nitrogens with one attached hydrogen (secondary N) is 2. The first kappa shape index (κ1) is 25.0. The molecule has 1 fully saturated rings. The molecule has 1 heterocycles. The Balaban J connectivity index is 1.79. The molecule has 1 amide bonds. The number of benzene rings is 2. The van der Waals surface area contributed by atoms with Gasteiger partial charge in [0.05, 0.1) is 11.1 Å². The van der Waals surface area contributed by atoms with E-state index < -0.39 is 47.2 Å². The molecule has 180 valence electrons. The molecule has 3 rings (SSSR count). The van der Waals surface area contributed by atoms with E-state index in [2.05, 4.69) is 10.6 Å². The van der Waals surface area contributed by atoms with Gasteiger partial charge in [0.25, 0.3) is 0 Å². The van der Waals surface area contributed by atoms with Crippen LogP contribution in [0.4, 0.5) is 30.7 Å². The zero-order valence-electron chi connectivity index (χ0n) is 17.7. The van der Waals surface area contributed by atoms with E-state index in [4.69, 9.17) is 0 Å². The predicted octanol–water partition coefficient (Wildman–Crippen LogP) is 5.44. The topological polar surface area (TPSA) is 41.1 Å². The number of carbonyl (C=O) groups excluding carboxylic acids is 1. The fraction of sp³-hybridized carbons (Fsp3) is 0.435. The average Bonchev–Trinajstić information content (AvgIpc) is 3.27. The van der Waals surface area contributed by atoms with Crippen LogP contribution in [0.25, 0.3) is 0 Å². The van der Waals surface area contributed by atoms with Crippen LogP contribution in [-0.4, -0.2) is 19.0 Å². The maximum Gasteiger partial charge on any atom is 0.416 e. The van der Waals surface area contributed by atoms with Crippen LogP contribution in [0.15, 0.2) is 42.5 Å². The van der Waals surface area contributed by atoms with Crippen LogP contribution < -0.4 is 10.6 Å². The van der Waals surface area contributed by atoms with Crippen molar-refractivity contribution in [1.29, 1.82) is 0 Å². The molecule has 0 radical (unpaired) electrons. The lowest BCUT2D eigenvalue weighted by molar-refractivity contribution is -0.143. The van der Waals surface area contributed by atoms with Crippen LogP contribution in [0.5, 0.6) is 0 Å². The Labute approximate surface area is 186 Å². The molecule has 0 bridgehead atoms. The van der Waals surface area contributed by atoms with Gasteiger partial charge in [0.1, 0.15) is 5.82 Å². The molecule has 2 N–H and O–H groups in total. The molecule has 3 nitrogen and oxygen atoms in total. The molecule has 0 aromatic heterocycles. The summed E-state index contributed by atoms with van der Waals surface area (Å²) in [5.41, 5.74) is -3.15. The molecule has 2 aromatic carbocycles. The molecule has 1 aliphatic rings. The Hall–Kier alpha value is -2.62. The van der Waals surface area contributed by atoms with E-state index in [1.807, 2.05) is 6.92 Å². The van der Waals surface area contributed by atoms with Gasteiger partial charge in [-0.15, -0.1) is 0 Å². The summed E-state index contributed by atoms with van der Waals surface area (Å²) in [7, 11) is 0. The minimum atomic E-state index is -4.96. The Kier molecular flexibility index (Phi) is 7.07. The highest BCUT2D eigenvalue weighted by molar-refractivity contribution is 5.77. The van der Waals surface area contributed by atoms with E-state index in [0.29, 0.717) is 18.7 Å². The lowest BCUT2D eigenvalue weighted by atomic mass is 9.69. The largest absolute Gasteiger partial charge is 0.416 e. The van der Waals surface area contributed by atoms with Crippen molar-refractivity contribution < 1.29 is 35.5 Å². The van der Waals surface area contributed by atoms with Crippen LogP contribution in [0.2, 0.25) is 0 Å². The van der Waals surface area contributed by atoms with Crippen LogP contribution >= 0.6 is 0 Å². The molecule has 1 aliphatic heterocycles. The highest BCUT2D eigenvalue weighted by atomic mass is 19.4. The molecule has 0 aliphatic carbocycles. The van der Waals surface area contributed by atoms with Crippen molar-refractivity contribution in [3.8, 4) is 0 Å². The lowest BCUT2D eigenvalue weighted by Gasteiger charge is -2.35. The first-order valence-electron chi connectivity index (χ1n) is 10.3. The highest BCUT2D eigenvalue weighted by Gasteiger charge is 2.40. The van der Waals surface area contributed by atoms with Gasteiger partial charge in [-0.3, -0.25) is 4.79 Å². The van der Waals surface area contributed by atoms with Gasteiger partial charge in [0.15, 0.2) is 0 Å². The summed E-state index contributed by atoms with van der Waals surface area (Å²) >= 11 is 0. The lowest BCUT2D eigenvalue weighted by Crippen LogP contribution is -2.39. The summed E-state index contributed by atoms with van der Waals surface area (Å²) in [5, 5.41) is 5.66. The number of rotatable bonds is 6. The number of alkyl halides is 6. The van der Waals surface area contributed by atoms with E-state index in [0.717, 1.165) is 18.5 Å². The quantitative estimate of drug-likeness (QED) is 0.546. The Morgan fingerprint density at radius 2 is 1.55 bits per heavy atom. The fourth-order valence-electron chi connectivity index (χ4n) is 4.23. The molecule has 33 heavy (non-hydrogen) atoms. The third-order valence-electron chi connectivity index (χ3n) is 6.13. The number of amides is 1. The molecule has 10 heteroatoms. The first-order chi connectivity index (χ1) is 15.3.